The van der Waals surface area contributed by atoms with E-state index in [1.54, 1.807) is 12.0 Å². The van der Waals surface area contributed by atoms with Crippen molar-refractivity contribution in [3.63, 3.8) is 0 Å². The van der Waals surface area contributed by atoms with Crippen molar-refractivity contribution in [1.29, 1.82) is 0 Å². The maximum absolute atomic E-state index is 13.0. The van der Waals surface area contributed by atoms with Crippen LogP contribution in [0.25, 0.3) is 0 Å². The summed E-state index contributed by atoms with van der Waals surface area (Å²) in [6.45, 7) is 1.17. The second kappa shape index (κ2) is 10.8. The van der Waals surface area contributed by atoms with Crippen molar-refractivity contribution in [2.45, 2.75) is 24.6 Å². The Morgan fingerprint density at radius 3 is 2.55 bits per heavy atom. The molecule has 3 rings (SSSR count). The molecule has 0 bridgehead atoms. The number of carbonyl (C=O) groups excluding carboxylic acids is 1. The number of methoxy groups -OCH3 is 1. The van der Waals surface area contributed by atoms with Crippen molar-refractivity contribution in [2.24, 2.45) is 5.92 Å². The molecule has 0 spiro atoms. The normalized spacial score (nSPS) is 21.0. The average molecular weight is 487 g/mol. The highest BCUT2D eigenvalue weighted by Gasteiger charge is 2.44. The lowest BCUT2D eigenvalue weighted by Gasteiger charge is -2.46. The fourth-order valence-electron chi connectivity index (χ4n) is 4.31. The number of alkyl halides is 3. The standard InChI is InChI=1S/C24H29F3N2O3.ClH/c1-28(2)15-20-16-29(11-10-23(20,31)18-7-5-9-21(14-18)32-3)22(30)13-17-6-4-8-19(12-17)24(25,26)27;/h4-9,12,14,20,31H,10-11,13,15-16H2,1-3H3;1H. The van der Waals surface area contributed by atoms with E-state index in [1.165, 1.54) is 12.1 Å². The number of hydrogen-bond acceptors (Lipinski definition) is 4. The van der Waals surface area contributed by atoms with Gasteiger partial charge in [-0.25, -0.2) is 0 Å². The van der Waals surface area contributed by atoms with Gasteiger partial charge in [0.05, 0.1) is 24.7 Å². The lowest BCUT2D eigenvalue weighted by Crippen LogP contribution is -2.54. The fraction of sp³-hybridized carbons (Fsp3) is 0.458. The van der Waals surface area contributed by atoms with Crippen molar-refractivity contribution in [2.75, 3.05) is 40.8 Å². The summed E-state index contributed by atoms with van der Waals surface area (Å²) in [5, 5.41) is 11.6. The molecule has 1 fully saturated rings. The van der Waals surface area contributed by atoms with E-state index in [4.69, 9.17) is 4.74 Å². The van der Waals surface area contributed by atoms with Gasteiger partial charge in [-0.15, -0.1) is 12.4 Å². The number of halogens is 4. The predicted octanol–water partition coefficient (Wildman–Crippen LogP) is 3.98. The topological polar surface area (TPSA) is 53.0 Å². The molecule has 2 aromatic rings. The van der Waals surface area contributed by atoms with Crippen LogP contribution in [0.1, 0.15) is 23.1 Å². The van der Waals surface area contributed by atoms with Gasteiger partial charge in [-0.3, -0.25) is 4.79 Å². The van der Waals surface area contributed by atoms with E-state index >= 15 is 0 Å². The lowest BCUT2D eigenvalue weighted by molar-refractivity contribution is -0.141. The molecular formula is C24H30ClF3N2O3. The molecule has 1 aliphatic heterocycles. The van der Waals surface area contributed by atoms with Crippen LogP contribution in [0.5, 0.6) is 5.75 Å². The molecule has 0 radical (unpaired) electrons. The first-order valence-electron chi connectivity index (χ1n) is 10.5. The van der Waals surface area contributed by atoms with Crippen LogP contribution in [0, 0.1) is 5.92 Å². The summed E-state index contributed by atoms with van der Waals surface area (Å²) in [6.07, 6.45) is -4.24. The van der Waals surface area contributed by atoms with E-state index in [1.807, 2.05) is 43.3 Å². The van der Waals surface area contributed by atoms with Crippen LogP contribution in [0.4, 0.5) is 13.2 Å². The molecule has 2 unspecified atom stereocenters. The Morgan fingerprint density at radius 1 is 1.21 bits per heavy atom. The van der Waals surface area contributed by atoms with Gasteiger partial charge >= 0.3 is 6.18 Å². The van der Waals surface area contributed by atoms with Gasteiger partial charge < -0.3 is 19.6 Å². The zero-order chi connectivity index (χ0) is 23.5. The molecule has 2 atom stereocenters. The SMILES string of the molecule is COc1cccc(C2(O)CCN(C(=O)Cc3cccc(C(F)(F)F)c3)CC2CN(C)C)c1.Cl. The van der Waals surface area contributed by atoms with E-state index in [2.05, 4.69) is 0 Å². The van der Waals surface area contributed by atoms with Crippen LogP contribution in [0.3, 0.4) is 0 Å². The molecule has 1 amide bonds. The highest BCUT2D eigenvalue weighted by atomic mass is 35.5. The minimum atomic E-state index is -4.45. The van der Waals surface area contributed by atoms with Crippen LogP contribution < -0.4 is 4.74 Å². The largest absolute Gasteiger partial charge is 0.497 e. The van der Waals surface area contributed by atoms with Crippen molar-refractivity contribution >= 4 is 18.3 Å². The van der Waals surface area contributed by atoms with Crippen LogP contribution in [0.2, 0.25) is 0 Å². The van der Waals surface area contributed by atoms with Crippen LogP contribution in [0.15, 0.2) is 48.5 Å². The number of amides is 1. The number of aliphatic hydroxyl groups is 1. The number of carbonyl (C=O) groups is 1. The first-order valence-corrected chi connectivity index (χ1v) is 10.5. The number of benzene rings is 2. The van der Waals surface area contributed by atoms with Crippen LogP contribution >= 0.6 is 12.4 Å². The Labute approximate surface area is 198 Å². The third-order valence-electron chi connectivity index (χ3n) is 6.00. The van der Waals surface area contributed by atoms with E-state index in [0.717, 1.165) is 17.7 Å². The molecule has 0 saturated carbocycles. The monoisotopic (exact) mass is 486 g/mol. The second-order valence-electron chi connectivity index (χ2n) is 8.58. The summed E-state index contributed by atoms with van der Waals surface area (Å²) in [5.74, 6) is 0.118. The Balaban J connectivity index is 0.00000385. The molecule has 1 N–H and O–H groups in total. The summed E-state index contributed by atoms with van der Waals surface area (Å²) in [7, 11) is 5.36. The molecule has 0 aliphatic carbocycles. The zero-order valence-electron chi connectivity index (χ0n) is 18.9. The molecule has 182 valence electrons. The molecule has 1 heterocycles. The van der Waals surface area contributed by atoms with Gasteiger partial charge in [-0.1, -0.05) is 30.3 Å². The van der Waals surface area contributed by atoms with Gasteiger partial charge in [0, 0.05) is 25.6 Å². The lowest BCUT2D eigenvalue weighted by atomic mass is 9.75. The highest BCUT2D eigenvalue weighted by Crippen LogP contribution is 2.39. The van der Waals surface area contributed by atoms with Crippen LogP contribution in [-0.4, -0.2) is 61.7 Å². The summed E-state index contributed by atoms with van der Waals surface area (Å²) >= 11 is 0. The molecule has 5 nitrogen and oxygen atoms in total. The first-order chi connectivity index (χ1) is 15.0. The van der Waals surface area contributed by atoms with Gasteiger partial charge in [0.2, 0.25) is 5.91 Å². The number of hydrogen-bond donors (Lipinski definition) is 1. The van der Waals surface area contributed by atoms with E-state index in [0.29, 0.717) is 37.4 Å². The average Bonchev–Trinajstić information content (AvgIpc) is 2.74. The minimum Gasteiger partial charge on any atom is -0.497 e. The number of likely N-dealkylation sites (tertiary alicyclic amines) is 1. The van der Waals surface area contributed by atoms with Gasteiger partial charge in [0.15, 0.2) is 0 Å². The van der Waals surface area contributed by atoms with Crippen molar-refractivity contribution < 1.29 is 27.8 Å². The van der Waals surface area contributed by atoms with E-state index in [-0.39, 0.29) is 30.7 Å². The molecule has 0 aromatic heterocycles. The third kappa shape index (κ3) is 6.40. The fourth-order valence-corrected chi connectivity index (χ4v) is 4.31. The van der Waals surface area contributed by atoms with E-state index in [9.17, 15) is 23.1 Å². The molecular weight excluding hydrogens is 457 g/mol. The zero-order valence-corrected chi connectivity index (χ0v) is 19.7. The minimum absolute atomic E-state index is 0. The molecule has 2 aromatic carbocycles. The van der Waals surface area contributed by atoms with Crippen molar-refractivity contribution in [3.05, 3.63) is 65.2 Å². The summed E-state index contributed by atoms with van der Waals surface area (Å²) in [4.78, 5) is 16.5. The Hall–Kier alpha value is -2.29. The Kier molecular flexibility index (Phi) is 8.79. The maximum atomic E-state index is 13.0. The second-order valence-corrected chi connectivity index (χ2v) is 8.58. The molecule has 1 saturated heterocycles. The van der Waals surface area contributed by atoms with E-state index < -0.39 is 17.3 Å². The van der Waals surface area contributed by atoms with Gasteiger partial charge in [0.25, 0.3) is 0 Å². The number of rotatable bonds is 6. The quantitative estimate of drug-likeness (QED) is 0.671. The highest BCUT2D eigenvalue weighted by molar-refractivity contribution is 5.85. The number of nitrogens with zero attached hydrogens (tertiary/aromatic N) is 2. The molecule has 33 heavy (non-hydrogen) atoms. The summed E-state index contributed by atoms with van der Waals surface area (Å²) in [5.41, 5.74) is -0.859. The molecule has 9 heteroatoms. The Bertz CT molecular complexity index is 955. The summed E-state index contributed by atoms with van der Waals surface area (Å²) < 4.78 is 44.3. The summed E-state index contributed by atoms with van der Waals surface area (Å²) in [6, 6.07) is 12.2. The van der Waals surface area contributed by atoms with Crippen molar-refractivity contribution in [1.82, 2.24) is 9.80 Å². The third-order valence-corrected chi connectivity index (χ3v) is 6.00. The molecule has 1 aliphatic rings. The first kappa shape index (κ1) is 27.0. The predicted molar refractivity (Wildman–Crippen MR) is 123 cm³/mol. The van der Waals surface area contributed by atoms with Crippen molar-refractivity contribution in [3.8, 4) is 5.75 Å². The van der Waals surface area contributed by atoms with Gasteiger partial charge in [-0.05, 0) is 49.8 Å². The maximum Gasteiger partial charge on any atom is 0.416 e. The van der Waals surface area contributed by atoms with Crippen LogP contribution in [-0.2, 0) is 23.0 Å². The van der Waals surface area contributed by atoms with Gasteiger partial charge in [0.1, 0.15) is 5.75 Å². The van der Waals surface area contributed by atoms with Gasteiger partial charge in [-0.2, -0.15) is 13.2 Å². The Morgan fingerprint density at radius 2 is 1.91 bits per heavy atom. The smallest absolute Gasteiger partial charge is 0.416 e. The number of ether oxygens (including phenoxy) is 1. The number of piperidine rings is 1.